The van der Waals surface area contributed by atoms with Crippen molar-refractivity contribution in [3.8, 4) is 11.5 Å². The highest BCUT2D eigenvalue weighted by Crippen LogP contribution is 2.46. The molecule has 2 aliphatic rings. The van der Waals surface area contributed by atoms with Gasteiger partial charge in [-0.3, -0.25) is 9.59 Å². The Kier molecular flexibility index (Phi) is 9.92. The summed E-state index contributed by atoms with van der Waals surface area (Å²) in [5, 5.41) is 2.87. The molecule has 0 saturated carbocycles. The molecule has 0 spiro atoms. The number of urea groups is 1. The summed E-state index contributed by atoms with van der Waals surface area (Å²) in [4.78, 5) is 42.8. The fraction of sp³-hybridized carbons (Fsp3) is 0.531. The van der Waals surface area contributed by atoms with Gasteiger partial charge < -0.3 is 19.7 Å². The van der Waals surface area contributed by atoms with Gasteiger partial charge in [0.15, 0.2) is 6.23 Å². The topological polar surface area (TPSA) is 88.2 Å². The Morgan fingerprint density at radius 2 is 1.56 bits per heavy atom. The van der Waals surface area contributed by atoms with E-state index in [2.05, 4.69) is 17.0 Å². The minimum absolute atomic E-state index is 0.0327. The first kappa shape index (κ1) is 32.2. The number of nitrogens with zero attached hydrogens (tertiary/aromatic N) is 2. The van der Waals surface area contributed by atoms with E-state index in [0.29, 0.717) is 48.5 Å². The third kappa shape index (κ3) is 7.08. The molecule has 4 rings (SSSR count). The van der Waals surface area contributed by atoms with Crippen molar-refractivity contribution in [2.45, 2.75) is 84.9 Å². The van der Waals surface area contributed by atoms with Gasteiger partial charge in [-0.25, -0.2) is 9.69 Å². The summed E-state index contributed by atoms with van der Waals surface area (Å²) in [6.07, 6.45) is -1.63. The lowest BCUT2D eigenvalue weighted by atomic mass is 9.72. The standard InChI is InChI=1S/C32H40F3N3O5/c1-5-8-26(22-9-15-25(16-10-22)43-32(33,34)35)36-30(41)38-28(40)31(6-2,7-3)29(38)42-24-13-11-23(12-14-24)27(39)37-19-17-21(4)18-20-37/h9-16,21,26,29H,5-8,17-20H2,1-4H3,(H,36,41)/t26-,29?/m1/s1. The van der Waals surface area contributed by atoms with E-state index in [-0.39, 0.29) is 17.6 Å². The number of rotatable bonds is 10. The Labute approximate surface area is 250 Å². The average Bonchev–Trinajstić information content (AvgIpc) is 2.97. The van der Waals surface area contributed by atoms with E-state index in [0.717, 1.165) is 30.8 Å². The number of ether oxygens (including phenoxy) is 2. The summed E-state index contributed by atoms with van der Waals surface area (Å²) in [7, 11) is 0. The highest BCUT2D eigenvalue weighted by molar-refractivity contribution is 6.03. The molecule has 2 aromatic carbocycles. The maximum atomic E-state index is 13.5. The third-order valence-electron chi connectivity index (χ3n) is 8.64. The zero-order valence-electron chi connectivity index (χ0n) is 25.1. The van der Waals surface area contributed by atoms with Gasteiger partial charge in [0, 0.05) is 18.7 Å². The summed E-state index contributed by atoms with van der Waals surface area (Å²) >= 11 is 0. The molecule has 2 aliphatic heterocycles. The normalized spacial score (nSPS) is 19.4. The van der Waals surface area contributed by atoms with Crippen molar-refractivity contribution >= 4 is 17.8 Å². The fourth-order valence-corrected chi connectivity index (χ4v) is 5.83. The van der Waals surface area contributed by atoms with Gasteiger partial charge in [-0.05, 0) is 80.0 Å². The van der Waals surface area contributed by atoms with Crippen LogP contribution in [0, 0.1) is 11.3 Å². The second-order valence-electron chi connectivity index (χ2n) is 11.4. The molecule has 0 bridgehead atoms. The van der Waals surface area contributed by atoms with Gasteiger partial charge in [-0.15, -0.1) is 13.2 Å². The number of alkyl halides is 3. The summed E-state index contributed by atoms with van der Waals surface area (Å²) in [6, 6.07) is 10.9. The lowest BCUT2D eigenvalue weighted by Crippen LogP contribution is -2.73. The van der Waals surface area contributed by atoms with E-state index < -0.39 is 30.1 Å². The second-order valence-corrected chi connectivity index (χ2v) is 11.4. The van der Waals surface area contributed by atoms with Gasteiger partial charge >= 0.3 is 12.4 Å². The molecule has 2 heterocycles. The van der Waals surface area contributed by atoms with Crippen LogP contribution in [0.2, 0.25) is 0 Å². The Morgan fingerprint density at radius 1 is 0.977 bits per heavy atom. The number of carbonyl (C=O) groups is 3. The molecule has 2 aromatic rings. The zero-order chi connectivity index (χ0) is 31.4. The molecule has 1 unspecified atom stereocenters. The minimum Gasteiger partial charge on any atom is -0.469 e. The quantitative estimate of drug-likeness (QED) is 0.294. The lowest BCUT2D eigenvalue weighted by Gasteiger charge is -2.53. The first-order valence-corrected chi connectivity index (χ1v) is 15.0. The maximum Gasteiger partial charge on any atom is 0.573 e. The van der Waals surface area contributed by atoms with Gasteiger partial charge in [-0.1, -0.05) is 46.2 Å². The van der Waals surface area contributed by atoms with Crippen LogP contribution in [0.4, 0.5) is 18.0 Å². The molecular formula is C32H40F3N3O5. The van der Waals surface area contributed by atoms with Crippen molar-refractivity contribution < 1.29 is 37.0 Å². The molecule has 8 nitrogen and oxygen atoms in total. The molecule has 4 amide bonds. The molecule has 11 heteroatoms. The molecule has 234 valence electrons. The molecule has 2 atom stereocenters. The number of halogens is 3. The number of imide groups is 1. The van der Waals surface area contributed by atoms with Crippen LogP contribution in [-0.2, 0) is 4.79 Å². The lowest BCUT2D eigenvalue weighted by molar-refractivity contribution is -0.274. The van der Waals surface area contributed by atoms with Crippen LogP contribution in [0.15, 0.2) is 48.5 Å². The summed E-state index contributed by atoms with van der Waals surface area (Å²) < 4.78 is 47.9. The molecular weight excluding hydrogens is 563 g/mol. The van der Waals surface area contributed by atoms with Crippen molar-refractivity contribution in [1.29, 1.82) is 0 Å². The SMILES string of the molecule is CCC[C@@H](NC(=O)N1C(=O)C(CC)(CC)C1Oc1ccc(C(=O)N2CCC(C)CC2)cc1)c1ccc(OC(F)(F)F)cc1. The number of hydrogen-bond donors (Lipinski definition) is 1. The number of amides is 4. The smallest absolute Gasteiger partial charge is 0.469 e. The van der Waals surface area contributed by atoms with Crippen molar-refractivity contribution in [1.82, 2.24) is 15.1 Å². The van der Waals surface area contributed by atoms with Crippen LogP contribution >= 0.6 is 0 Å². The number of piperidine rings is 1. The maximum absolute atomic E-state index is 13.5. The molecule has 2 fully saturated rings. The first-order valence-electron chi connectivity index (χ1n) is 15.0. The number of β-lactam (4-membered cyclic amide) rings is 1. The van der Waals surface area contributed by atoms with E-state index in [4.69, 9.17) is 4.74 Å². The van der Waals surface area contributed by atoms with Crippen molar-refractivity contribution in [3.63, 3.8) is 0 Å². The second kappa shape index (κ2) is 13.3. The van der Waals surface area contributed by atoms with E-state index in [1.807, 2.05) is 25.7 Å². The van der Waals surface area contributed by atoms with Crippen LogP contribution < -0.4 is 14.8 Å². The Hall–Kier alpha value is -3.76. The molecule has 0 aromatic heterocycles. The van der Waals surface area contributed by atoms with Crippen molar-refractivity contribution in [3.05, 3.63) is 59.7 Å². The number of nitrogens with one attached hydrogen (secondary N) is 1. The Morgan fingerprint density at radius 3 is 2.09 bits per heavy atom. The van der Waals surface area contributed by atoms with Crippen LogP contribution in [0.3, 0.4) is 0 Å². The van der Waals surface area contributed by atoms with Gasteiger partial charge in [-0.2, -0.15) is 0 Å². The fourth-order valence-electron chi connectivity index (χ4n) is 5.83. The summed E-state index contributed by atoms with van der Waals surface area (Å²) in [6.45, 7) is 9.31. The van der Waals surface area contributed by atoms with Crippen molar-refractivity contribution in [2.24, 2.45) is 11.3 Å². The molecule has 43 heavy (non-hydrogen) atoms. The van der Waals surface area contributed by atoms with E-state index in [1.54, 1.807) is 24.3 Å². The van der Waals surface area contributed by atoms with Gasteiger partial charge in [0.25, 0.3) is 5.91 Å². The van der Waals surface area contributed by atoms with E-state index in [1.165, 1.54) is 24.3 Å². The van der Waals surface area contributed by atoms with E-state index in [9.17, 15) is 27.6 Å². The monoisotopic (exact) mass is 603 g/mol. The highest BCUT2D eigenvalue weighted by atomic mass is 19.4. The summed E-state index contributed by atoms with van der Waals surface area (Å²) in [5.41, 5.74) is 0.232. The highest BCUT2D eigenvalue weighted by Gasteiger charge is 2.63. The Bertz CT molecular complexity index is 1270. The molecule has 2 saturated heterocycles. The van der Waals surface area contributed by atoms with Crippen molar-refractivity contribution in [2.75, 3.05) is 13.1 Å². The first-order chi connectivity index (χ1) is 20.4. The molecule has 0 aliphatic carbocycles. The van der Waals surface area contributed by atoms with Crippen LogP contribution in [0.5, 0.6) is 11.5 Å². The number of benzene rings is 2. The Balaban J connectivity index is 1.48. The number of carbonyl (C=O) groups excluding carboxylic acids is 3. The van der Waals surface area contributed by atoms with Crippen LogP contribution in [0.1, 0.15) is 88.2 Å². The molecule has 1 N–H and O–H groups in total. The van der Waals surface area contributed by atoms with Crippen LogP contribution in [0.25, 0.3) is 0 Å². The van der Waals surface area contributed by atoms with Crippen LogP contribution in [-0.4, -0.2) is 53.3 Å². The third-order valence-corrected chi connectivity index (χ3v) is 8.64. The summed E-state index contributed by atoms with van der Waals surface area (Å²) in [5.74, 6) is 0.289. The zero-order valence-corrected chi connectivity index (χ0v) is 25.1. The minimum atomic E-state index is -4.81. The van der Waals surface area contributed by atoms with Gasteiger partial charge in [0.1, 0.15) is 16.9 Å². The van der Waals surface area contributed by atoms with Gasteiger partial charge in [0.05, 0.1) is 6.04 Å². The largest absolute Gasteiger partial charge is 0.573 e. The predicted octanol–water partition coefficient (Wildman–Crippen LogP) is 7.06. The predicted molar refractivity (Wildman–Crippen MR) is 154 cm³/mol. The number of hydrogen-bond acceptors (Lipinski definition) is 5. The molecule has 0 radical (unpaired) electrons. The average molecular weight is 604 g/mol. The van der Waals surface area contributed by atoms with E-state index >= 15 is 0 Å². The van der Waals surface area contributed by atoms with Gasteiger partial charge in [0.2, 0.25) is 5.91 Å². The number of likely N-dealkylation sites (tertiary alicyclic amines) is 2.